The highest BCUT2D eigenvalue weighted by atomic mass is 32.2. The van der Waals surface area contributed by atoms with Crippen molar-refractivity contribution in [1.82, 2.24) is 9.97 Å². The number of anilines is 1. The fourth-order valence-corrected chi connectivity index (χ4v) is 2.69. The van der Waals surface area contributed by atoms with Crippen LogP contribution in [0.4, 0.5) is 5.69 Å². The summed E-state index contributed by atoms with van der Waals surface area (Å²) in [7, 11) is 0. The summed E-state index contributed by atoms with van der Waals surface area (Å²) in [5.74, 6) is 0.942. The number of benzene rings is 1. The molecule has 0 saturated heterocycles. The van der Waals surface area contributed by atoms with E-state index < -0.39 is 0 Å². The number of para-hydroxylation sites is 1. The molecule has 0 aliphatic carbocycles. The zero-order chi connectivity index (χ0) is 13.0. The van der Waals surface area contributed by atoms with Gasteiger partial charge < -0.3 is 5.73 Å². The molecular weight excluding hydrogens is 242 g/mol. The molecule has 0 spiro atoms. The maximum atomic E-state index is 5.91. The van der Waals surface area contributed by atoms with E-state index in [-0.39, 0.29) is 0 Å². The maximum Gasteiger partial charge on any atom is 0.187 e. The molecule has 1 aromatic carbocycles. The molecule has 0 fully saturated rings. The Balaban J connectivity index is 1.94. The van der Waals surface area contributed by atoms with Gasteiger partial charge in [-0.2, -0.15) is 0 Å². The van der Waals surface area contributed by atoms with Crippen molar-refractivity contribution in [3.05, 3.63) is 47.3 Å². The Labute approximate surface area is 112 Å². The van der Waals surface area contributed by atoms with Crippen molar-refractivity contribution in [3.63, 3.8) is 0 Å². The van der Waals surface area contributed by atoms with Crippen LogP contribution in [0.3, 0.4) is 0 Å². The Morgan fingerprint density at radius 1 is 1.11 bits per heavy atom. The number of hydrogen-bond acceptors (Lipinski definition) is 4. The number of nitrogen functional groups attached to an aromatic ring is 1. The van der Waals surface area contributed by atoms with Gasteiger partial charge in [0.1, 0.15) is 0 Å². The van der Waals surface area contributed by atoms with Gasteiger partial charge >= 0.3 is 0 Å². The van der Waals surface area contributed by atoms with Crippen LogP contribution in [0, 0.1) is 13.8 Å². The van der Waals surface area contributed by atoms with Crippen LogP contribution in [0.15, 0.2) is 35.5 Å². The lowest BCUT2D eigenvalue weighted by atomic mass is 10.1. The Morgan fingerprint density at radius 3 is 2.44 bits per heavy atom. The number of aryl methyl sites for hydroxylation is 3. The minimum Gasteiger partial charge on any atom is -0.399 e. The van der Waals surface area contributed by atoms with Gasteiger partial charge in [0.25, 0.3) is 0 Å². The van der Waals surface area contributed by atoms with E-state index in [0.29, 0.717) is 0 Å². The van der Waals surface area contributed by atoms with Gasteiger partial charge in [0, 0.05) is 22.8 Å². The van der Waals surface area contributed by atoms with E-state index >= 15 is 0 Å². The first-order chi connectivity index (χ1) is 8.65. The highest BCUT2D eigenvalue weighted by Crippen LogP contribution is 2.18. The Hall–Kier alpha value is -1.55. The summed E-state index contributed by atoms with van der Waals surface area (Å²) < 4.78 is 0. The van der Waals surface area contributed by atoms with Gasteiger partial charge in [-0.3, -0.25) is 0 Å². The first-order valence-corrected chi connectivity index (χ1v) is 6.92. The quantitative estimate of drug-likeness (QED) is 0.521. The fraction of sp³-hybridized carbons (Fsp3) is 0.286. The van der Waals surface area contributed by atoms with Crippen LogP contribution >= 0.6 is 11.8 Å². The van der Waals surface area contributed by atoms with Crippen molar-refractivity contribution in [2.24, 2.45) is 0 Å². The molecule has 2 aromatic rings. The summed E-state index contributed by atoms with van der Waals surface area (Å²) in [5, 5.41) is 0.849. The minimum absolute atomic E-state index is 0.849. The average molecular weight is 259 g/mol. The third kappa shape index (κ3) is 3.47. The Morgan fingerprint density at radius 2 is 1.78 bits per heavy atom. The lowest BCUT2D eigenvalue weighted by Crippen LogP contribution is -1.98. The predicted molar refractivity (Wildman–Crippen MR) is 76.8 cm³/mol. The van der Waals surface area contributed by atoms with Crippen LogP contribution in [-0.2, 0) is 6.42 Å². The third-order valence-corrected chi connectivity index (χ3v) is 3.47. The monoisotopic (exact) mass is 259 g/mol. The lowest BCUT2D eigenvalue weighted by Gasteiger charge is -2.05. The van der Waals surface area contributed by atoms with E-state index in [0.717, 1.165) is 34.4 Å². The van der Waals surface area contributed by atoms with E-state index in [1.54, 1.807) is 11.8 Å². The standard InChI is InChI=1S/C14H17N3S/c1-10-9-11(2)17-14(16-10)18-8-7-12-5-3-4-6-13(12)15/h3-6,9H,7-8,15H2,1-2H3. The number of thioether (sulfide) groups is 1. The second-order valence-corrected chi connectivity index (χ2v) is 5.29. The first-order valence-electron chi connectivity index (χ1n) is 5.93. The molecule has 1 aromatic heterocycles. The molecule has 0 saturated carbocycles. The SMILES string of the molecule is Cc1cc(C)nc(SCCc2ccccc2N)n1. The second-order valence-electron chi connectivity index (χ2n) is 4.23. The van der Waals surface area contributed by atoms with Gasteiger partial charge in [0.15, 0.2) is 5.16 Å². The molecular formula is C14H17N3S. The normalized spacial score (nSPS) is 10.6. The summed E-state index contributed by atoms with van der Waals surface area (Å²) in [5.41, 5.74) is 9.99. The zero-order valence-electron chi connectivity index (χ0n) is 10.7. The highest BCUT2D eigenvalue weighted by Gasteiger charge is 2.02. The van der Waals surface area contributed by atoms with Crippen molar-refractivity contribution in [2.45, 2.75) is 25.4 Å². The number of rotatable bonds is 4. The highest BCUT2D eigenvalue weighted by molar-refractivity contribution is 7.99. The van der Waals surface area contributed by atoms with Crippen LogP contribution in [0.5, 0.6) is 0 Å². The van der Waals surface area contributed by atoms with E-state index in [1.165, 1.54) is 5.56 Å². The molecule has 0 amide bonds. The second kappa shape index (κ2) is 5.87. The Kier molecular flexibility index (Phi) is 4.20. The number of nitrogens with two attached hydrogens (primary N) is 1. The van der Waals surface area contributed by atoms with Gasteiger partial charge in [-0.25, -0.2) is 9.97 Å². The summed E-state index contributed by atoms with van der Waals surface area (Å²) in [6, 6.07) is 9.97. The van der Waals surface area contributed by atoms with Crippen LogP contribution in [0.25, 0.3) is 0 Å². The van der Waals surface area contributed by atoms with Crippen molar-refractivity contribution in [2.75, 3.05) is 11.5 Å². The molecule has 0 aliphatic heterocycles. The fourth-order valence-electron chi connectivity index (χ4n) is 1.77. The summed E-state index contributed by atoms with van der Waals surface area (Å²) in [6.45, 7) is 3.99. The number of hydrogen-bond donors (Lipinski definition) is 1. The summed E-state index contributed by atoms with van der Waals surface area (Å²) in [4.78, 5) is 8.82. The molecule has 0 atom stereocenters. The van der Waals surface area contributed by atoms with Crippen molar-refractivity contribution in [3.8, 4) is 0 Å². The molecule has 0 bridgehead atoms. The minimum atomic E-state index is 0.849. The molecule has 2 N–H and O–H groups in total. The van der Waals surface area contributed by atoms with Crippen molar-refractivity contribution in [1.29, 1.82) is 0 Å². The van der Waals surface area contributed by atoms with Crippen LogP contribution < -0.4 is 5.73 Å². The largest absolute Gasteiger partial charge is 0.399 e. The van der Waals surface area contributed by atoms with Crippen molar-refractivity contribution < 1.29 is 0 Å². The Bertz CT molecular complexity index is 520. The van der Waals surface area contributed by atoms with Gasteiger partial charge in [-0.1, -0.05) is 30.0 Å². The molecule has 0 radical (unpaired) electrons. The van der Waals surface area contributed by atoms with Crippen LogP contribution in [0.2, 0.25) is 0 Å². The van der Waals surface area contributed by atoms with Gasteiger partial charge in [0.2, 0.25) is 0 Å². The predicted octanol–water partition coefficient (Wildman–Crippen LogP) is 3.01. The molecule has 94 valence electrons. The van der Waals surface area contributed by atoms with Crippen molar-refractivity contribution >= 4 is 17.4 Å². The molecule has 2 rings (SSSR count). The van der Waals surface area contributed by atoms with Crippen LogP contribution in [0.1, 0.15) is 17.0 Å². The molecule has 18 heavy (non-hydrogen) atoms. The summed E-state index contributed by atoms with van der Waals surface area (Å²) >= 11 is 1.67. The number of aromatic nitrogens is 2. The zero-order valence-corrected chi connectivity index (χ0v) is 11.5. The molecule has 0 aliphatic rings. The first kappa shape index (κ1) is 12.9. The van der Waals surface area contributed by atoms with Crippen LogP contribution in [-0.4, -0.2) is 15.7 Å². The average Bonchev–Trinajstić information content (AvgIpc) is 2.30. The molecule has 4 heteroatoms. The number of nitrogens with zero attached hydrogens (tertiary/aromatic N) is 2. The molecule has 0 unspecified atom stereocenters. The topological polar surface area (TPSA) is 51.8 Å². The van der Waals surface area contributed by atoms with Gasteiger partial charge in [-0.05, 0) is 38.0 Å². The third-order valence-electron chi connectivity index (χ3n) is 2.62. The molecule has 1 heterocycles. The van der Waals surface area contributed by atoms with Gasteiger partial charge in [-0.15, -0.1) is 0 Å². The molecule has 3 nitrogen and oxygen atoms in total. The van der Waals surface area contributed by atoms with Gasteiger partial charge in [0.05, 0.1) is 0 Å². The van der Waals surface area contributed by atoms with E-state index in [2.05, 4.69) is 16.0 Å². The maximum absolute atomic E-state index is 5.91. The summed E-state index contributed by atoms with van der Waals surface area (Å²) in [6.07, 6.45) is 0.938. The smallest absolute Gasteiger partial charge is 0.187 e. The van der Waals surface area contributed by atoms with E-state index in [1.807, 2.05) is 38.1 Å². The lowest BCUT2D eigenvalue weighted by molar-refractivity contribution is 0.901. The van der Waals surface area contributed by atoms with E-state index in [9.17, 15) is 0 Å². The van der Waals surface area contributed by atoms with E-state index in [4.69, 9.17) is 5.73 Å².